The molecule has 0 heterocycles. The molecule has 1 atom stereocenters. The monoisotopic (exact) mass is 383 g/mol. The highest BCUT2D eigenvalue weighted by atomic mass is 16.6. The summed E-state index contributed by atoms with van der Waals surface area (Å²) >= 11 is 0. The van der Waals surface area contributed by atoms with Gasteiger partial charge in [-0.2, -0.15) is 0 Å². The van der Waals surface area contributed by atoms with E-state index in [0.29, 0.717) is 0 Å². The third-order valence-corrected chi connectivity index (χ3v) is 2.89. The maximum atomic E-state index is 11.9. The van der Waals surface area contributed by atoms with Gasteiger partial charge in [-0.1, -0.05) is 0 Å². The molecular formula is C16H21N3O8. The predicted octanol–water partition coefficient (Wildman–Crippen LogP) is 1.75. The third-order valence-electron chi connectivity index (χ3n) is 2.89. The van der Waals surface area contributed by atoms with Gasteiger partial charge in [-0.25, -0.2) is 14.4 Å². The van der Waals surface area contributed by atoms with Crippen LogP contribution in [0.4, 0.5) is 15.3 Å². The number of nitro benzene ring substituents is 1. The van der Waals surface area contributed by atoms with Gasteiger partial charge < -0.3 is 24.8 Å². The number of hydrogen-bond acceptors (Lipinski definition) is 8. The van der Waals surface area contributed by atoms with Crippen molar-refractivity contribution in [2.45, 2.75) is 32.4 Å². The zero-order chi connectivity index (χ0) is 20.6. The summed E-state index contributed by atoms with van der Waals surface area (Å²) in [6.45, 7) is 4.72. The van der Waals surface area contributed by atoms with Crippen LogP contribution in [0, 0.1) is 10.1 Å². The largest absolute Gasteiger partial charge is 0.467 e. The minimum absolute atomic E-state index is 0.0295. The van der Waals surface area contributed by atoms with E-state index in [-0.39, 0.29) is 18.0 Å². The SMILES string of the molecule is COC(=O)[C@H](CNC(=O)OC(C)(C)C)NC(=O)Oc1ccc([N+](=O)[O-])cc1. The molecular weight excluding hydrogens is 362 g/mol. The molecule has 0 saturated carbocycles. The Bertz CT molecular complexity index is 697. The number of carbonyl (C=O) groups excluding carboxylic acids is 3. The fourth-order valence-corrected chi connectivity index (χ4v) is 1.75. The Balaban J connectivity index is 2.64. The summed E-state index contributed by atoms with van der Waals surface area (Å²) in [6.07, 6.45) is -1.79. The lowest BCUT2D eigenvalue weighted by molar-refractivity contribution is -0.384. The topological polar surface area (TPSA) is 146 Å². The molecule has 148 valence electrons. The molecule has 1 rings (SSSR count). The van der Waals surface area contributed by atoms with Crippen molar-refractivity contribution in [2.24, 2.45) is 0 Å². The average Bonchev–Trinajstić information content (AvgIpc) is 2.56. The van der Waals surface area contributed by atoms with Crippen LogP contribution in [0.2, 0.25) is 0 Å². The molecule has 1 aromatic carbocycles. The van der Waals surface area contributed by atoms with E-state index >= 15 is 0 Å². The molecule has 2 N–H and O–H groups in total. The Hall–Kier alpha value is -3.37. The van der Waals surface area contributed by atoms with Crippen molar-refractivity contribution in [3.05, 3.63) is 34.4 Å². The Morgan fingerprint density at radius 1 is 1.15 bits per heavy atom. The minimum Gasteiger partial charge on any atom is -0.467 e. The number of amides is 2. The fraction of sp³-hybridized carbons (Fsp3) is 0.438. The number of ether oxygens (including phenoxy) is 3. The molecule has 2 amide bonds. The van der Waals surface area contributed by atoms with Crippen LogP contribution in [0.5, 0.6) is 5.75 Å². The lowest BCUT2D eigenvalue weighted by Crippen LogP contribution is -2.50. The van der Waals surface area contributed by atoms with Crippen LogP contribution in [-0.4, -0.2) is 48.4 Å². The molecule has 0 spiro atoms. The van der Waals surface area contributed by atoms with E-state index in [1.807, 2.05) is 0 Å². The second-order valence-electron chi connectivity index (χ2n) is 6.24. The zero-order valence-electron chi connectivity index (χ0n) is 15.3. The number of alkyl carbamates (subject to hydrolysis) is 1. The molecule has 1 aromatic rings. The van der Waals surface area contributed by atoms with Crippen molar-refractivity contribution < 1.29 is 33.5 Å². The van der Waals surface area contributed by atoms with Gasteiger partial charge in [-0.15, -0.1) is 0 Å². The van der Waals surface area contributed by atoms with Gasteiger partial charge in [0.2, 0.25) is 0 Å². The van der Waals surface area contributed by atoms with E-state index in [1.54, 1.807) is 20.8 Å². The Morgan fingerprint density at radius 2 is 1.74 bits per heavy atom. The highest BCUT2D eigenvalue weighted by Crippen LogP contribution is 2.17. The van der Waals surface area contributed by atoms with Crippen molar-refractivity contribution in [2.75, 3.05) is 13.7 Å². The first kappa shape index (κ1) is 21.7. The van der Waals surface area contributed by atoms with Gasteiger partial charge in [-0.05, 0) is 32.9 Å². The molecule has 0 bridgehead atoms. The molecule has 0 fully saturated rings. The number of hydrogen-bond donors (Lipinski definition) is 2. The normalized spacial score (nSPS) is 11.7. The van der Waals surface area contributed by atoms with Gasteiger partial charge in [0.25, 0.3) is 5.69 Å². The summed E-state index contributed by atoms with van der Waals surface area (Å²) in [7, 11) is 1.12. The van der Waals surface area contributed by atoms with Crippen LogP contribution in [0.3, 0.4) is 0 Å². The number of non-ortho nitro benzene ring substituents is 1. The van der Waals surface area contributed by atoms with E-state index in [9.17, 15) is 24.5 Å². The zero-order valence-corrected chi connectivity index (χ0v) is 15.3. The first-order chi connectivity index (χ1) is 12.5. The number of nitrogens with zero attached hydrogens (tertiary/aromatic N) is 1. The number of nitro groups is 1. The van der Waals surface area contributed by atoms with Crippen LogP contribution >= 0.6 is 0 Å². The van der Waals surface area contributed by atoms with Gasteiger partial charge >= 0.3 is 18.2 Å². The van der Waals surface area contributed by atoms with E-state index < -0.39 is 34.7 Å². The van der Waals surface area contributed by atoms with Crippen LogP contribution in [-0.2, 0) is 14.3 Å². The molecule has 27 heavy (non-hydrogen) atoms. The van der Waals surface area contributed by atoms with E-state index in [1.165, 1.54) is 12.1 Å². The molecule has 0 radical (unpaired) electrons. The standard InChI is InChI=1S/C16H21N3O8/c1-16(2,3)27-14(21)17-9-12(13(20)25-4)18-15(22)26-11-7-5-10(6-8-11)19(23)24/h5-8,12H,9H2,1-4H3,(H,17,21)(H,18,22)/t12-/m0/s1. The van der Waals surface area contributed by atoms with Gasteiger partial charge in [0, 0.05) is 12.1 Å². The Labute approximate surface area is 155 Å². The fourth-order valence-electron chi connectivity index (χ4n) is 1.75. The van der Waals surface area contributed by atoms with E-state index in [2.05, 4.69) is 15.4 Å². The molecule has 0 aliphatic heterocycles. The van der Waals surface area contributed by atoms with Gasteiger partial charge in [0.15, 0.2) is 0 Å². The van der Waals surface area contributed by atoms with Crippen molar-refractivity contribution in [3.63, 3.8) is 0 Å². The Kier molecular flexibility index (Phi) is 7.51. The summed E-state index contributed by atoms with van der Waals surface area (Å²) in [5.74, 6) is -0.784. The van der Waals surface area contributed by atoms with Crippen molar-refractivity contribution in [1.29, 1.82) is 0 Å². The quantitative estimate of drug-likeness (QED) is 0.429. The van der Waals surface area contributed by atoms with Crippen LogP contribution < -0.4 is 15.4 Å². The smallest absolute Gasteiger partial charge is 0.413 e. The number of methoxy groups -OCH3 is 1. The summed E-state index contributed by atoms with van der Waals surface area (Å²) in [5.41, 5.74) is -0.899. The molecule has 11 nitrogen and oxygen atoms in total. The van der Waals surface area contributed by atoms with E-state index in [4.69, 9.17) is 9.47 Å². The lowest BCUT2D eigenvalue weighted by Gasteiger charge is -2.21. The number of nitrogens with one attached hydrogen (secondary N) is 2. The molecule has 0 saturated heterocycles. The maximum absolute atomic E-state index is 11.9. The number of benzene rings is 1. The summed E-state index contributed by atoms with van der Waals surface area (Å²) in [5, 5.41) is 15.2. The van der Waals surface area contributed by atoms with Crippen molar-refractivity contribution >= 4 is 23.8 Å². The molecule has 11 heteroatoms. The molecule has 0 unspecified atom stereocenters. The number of rotatable bonds is 6. The molecule has 0 aliphatic carbocycles. The van der Waals surface area contributed by atoms with Crippen LogP contribution in [0.1, 0.15) is 20.8 Å². The average molecular weight is 383 g/mol. The highest BCUT2D eigenvalue weighted by molar-refractivity contribution is 5.83. The first-order valence-electron chi connectivity index (χ1n) is 7.79. The second kappa shape index (κ2) is 9.36. The maximum Gasteiger partial charge on any atom is 0.413 e. The number of esters is 1. The summed E-state index contributed by atoms with van der Waals surface area (Å²) < 4.78 is 14.5. The van der Waals surface area contributed by atoms with Crippen molar-refractivity contribution in [1.82, 2.24) is 10.6 Å². The van der Waals surface area contributed by atoms with E-state index in [0.717, 1.165) is 19.2 Å². The van der Waals surface area contributed by atoms with Crippen LogP contribution in [0.15, 0.2) is 24.3 Å². The summed E-state index contributed by atoms with van der Waals surface area (Å²) in [4.78, 5) is 45.3. The minimum atomic E-state index is -1.23. The Morgan fingerprint density at radius 3 is 2.22 bits per heavy atom. The third kappa shape index (κ3) is 8.03. The van der Waals surface area contributed by atoms with Gasteiger partial charge in [-0.3, -0.25) is 10.1 Å². The van der Waals surface area contributed by atoms with Gasteiger partial charge in [0.05, 0.1) is 18.6 Å². The highest BCUT2D eigenvalue weighted by Gasteiger charge is 2.25. The predicted molar refractivity (Wildman–Crippen MR) is 92.3 cm³/mol. The molecule has 0 aromatic heterocycles. The van der Waals surface area contributed by atoms with Crippen LogP contribution in [0.25, 0.3) is 0 Å². The summed E-state index contributed by atoms with van der Waals surface area (Å²) in [6, 6.07) is 3.54. The molecule has 0 aliphatic rings. The number of carbonyl (C=O) groups is 3. The lowest BCUT2D eigenvalue weighted by atomic mass is 10.2. The first-order valence-corrected chi connectivity index (χ1v) is 7.79. The van der Waals surface area contributed by atoms with Gasteiger partial charge in [0.1, 0.15) is 17.4 Å². The van der Waals surface area contributed by atoms with Crippen molar-refractivity contribution in [3.8, 4) is 5.75 Å². The second-order valence-corrected chi connectivity index (χ2v) is 6.24.